The monoisotopic (exact) mass is 299 g/mol. The molecule has 0 aliphatic carbocycles. The normalized spacial score (nSPS) is 18.1. The Morgan fingerprint density at radius 3 is 3.00 bits per heavy atom. The molecule has 1 aliphatic rings. The van der Waals surface area contributed by atoms with Crippen molar-refractivity contribution in [2.24, 2.45) is 7.05 Å². The number of rotatable bonds is 1. The first kappa shape index (κ1) is 12.5. The highest BCUT2D eigenvalue weighted by Gasteiger charge is 2.26. The Bertz CT molecular complexity index is 837. The average Bonchev–Trinajstić information content (AvgIpc) is 2.99. The first-order chi connectivity index (χ1) is 9.70. The second kappa shape index (κ2) is 4.37. The lowest BCUT2D eigenvalue weighted by atomic mass is 10.1. The maximum atomic E-state index is 4.72. The molecule has 0 N–H and O–H groups in total. The smallest absolute Gasteiger partial charge is 0.236 e. The molecule has 1 aliphatic heterocycles. The van der Waals surface area contributed by atoms with Gasteiger partial charge in [0.1, 0.15) is 10.4 Å². The Labute approximate surface area is 124 Å². The van der Waals surface area contributed by atoms with E-state index in [1.807, 2.05) is 17.7 Å². The fourth-order valence-electron chi connectivity index (χ4n) is 3.59. The van der Waals surface area contributed by atoms with E-state index in [2.05, 4.69) is 37.2 Å². The van der Waals surface area contributed by atoms with Gasteiger partial charge in [-0.05, 0) is 28.2 Å². The zero-order valence-electron chi connectivity index (χ0n) is 12.2. The summed E-state index contributed by atoms with van der Waals surface area (Å²) < 4.78 is 5.12. The summed E-state index contributed by atoms with van der Waals surface area (Å²) >= 11 is 1.99. The molecule has 2 nitrogen and oxygen atoms in total. The van der Waals surface area contributed by atoms with Crippen molar-refractivity contribution >= 4 is 45.6 Å². The molecule has 0 radical (unpaired) electrons. The van der Waals surface area contributed by atoms with Gasteiger partial charge >= 0.3 is 0 Å². The summed E-state index contributed by atoms with van der Waals surface area (Å²) in [4.78, 5) is 4.72. The molecule has 0 fully saturated rings. The van der Waals surface area contributed by atoms with Gasteiger partial charge in [-0.1, -0.05) is 25.6 Å². The molecule has 2 aromatic heterocycles. The van der Waals surface area contributed by atoms with Crippen molar-refractivity contribution in [3.05, 3.63) is 29.7 Å². The van der Waals surface area contributed by atoms with Crippen molar-refractivity contribution in [2.75, 3.05) is 0 Å². The minimum absolute atomic E-state index is 0.715. The van der Waals surface area contributed by atoms with E-state index in [1.54, 1.807) is 15.5 Å². The van der Waals surface area contributed by atoms with E-state index < -0.39 is 8.80 Å². The molecule has 1 atom stereocenters. The molecular weight excluding hydrogens is 280 g/mol. The molecule has 1 unspecified atom stereocenters. The van der Waals surface area contributed by atoms with Crippen molar-refractivity contribution in [1.29, 1.82) is 0 Å². The summed E-state index contributed by atoms with van der Waals surface area (Å²) in [5.41, 5.74) is 4.25. The van der Waals surface area contributed by atoms with Crippen molar-refractivity contribution in [2.45, 2.75) is 32.4 Å². The Kier molecular flexibility index (Phi) is 2.72. The molecular formula is C16H19N2SSi+. The van der Waals surface area contributed by atoms with Gasteiger partial charge in [-0.15, -0.1) is 11.3 Å². The molecule has 0 spiro atoms. The highest BCUT2D eigenvalue weighted by atomic mass is 32.1. The highest BCUT2D eigenvalue weighted by Crippen LogP contribution is 2.35. The summed E-state index contributed by atoms with van der Waals surface area (Å²) in [7, 11) is 1.39. The lowest BCUT2D eigenvalue weighted by Crippen LogP contribution is -2.33. The standard InChI is InChI=1S/C16H19N2SSi/c1-4-12-15-13(17-9-18(12)2)11-6-5-10-7-8-20(3)16(10)14(11)19-15/h5-6,9,20H,4,7-8H2,1-3H3/q+1. The van der Waals surface area contributed by atoms with E-state index in [-0.39, 0.29) is 0 Å². The Morgan fingerprint density at radius 1 is 1.35 bits per heavy atom. The topological polar surface area (TPSA) is 16.8 Å². The summed E-state index contributed by atoms with van der Waals surface area (Å²) in [5.74, 6) is 0. The number of fused-ring (bicyclic) bond motifs is 5. The lowest BCUT2D eigenvalue weighted by molar-refractivity contribution is -0.680. The van der Waals surface area contributed by atoms with E-state index in [9.17, 15) is 0 Å². The minimum atomic E-state index is -0.715. The first-order valence-electron chi connectivity index (χ1n) is 7.42. The molecule has 0 amide bonds. The SMILES string of the molecule is CCc1c2sc3c4c(ccc3c2nc[n+]1C)CC[SiH]4C. The molecule has 3 heterocycles. The molecule has 0 saturated heterocycles. The van der Waals surface area contributed by atoms with Crippen LogP contribution in [-0.4, -0.2) is 13.8 Å². The van der Waals surface area contributed by atoms with Crippen LogP contribution in [0, 0.1) is 0 Å². The first-order valence-corrected chi connectivity index (χ1v) is 10.8. The molecule has 3 aromatic rings. The van der Waals surface area contributed by atoms with Gasteiger partial charge in [-0.3, -0.25) is 0 Å². The van der Waals surface area contributed by atoms with Crippen LogP contribution in [0.1, 0.15) is 18.2 Å². The van der Waals surface area contributed by atoms with Gasteiger partial charge in [-0.2, -0.15) is 0 Å². The van der Waals surface area contributed by atoms with Crippen LogP contribution in [0.3, 0.4) is 0 Å². The van der Waals surface area contributed by atoms with E-state index in [0.29, 0.717) is 0 Å². The van der Waals surface area contributed by atoms with Crippen LogP contribution in [0.4, 0.5) is 0 Å². The highest BCUT2D eigenvalue weighted by molar-refractivity contribution is 7.27. The van der Waals surface area contributed by atoms with Crippen LogP contribution in [0.25, 0.3) is 20.3 Å². The van der Waals surface area contributed by atoms with Gasteiger partial charge in [0.15, 0.2) is 0 Å². The number of hydrogen-bond donors (Lipinski definition) is 0. The van der Waals surface area contributed by atoms with Crippen LogP contribution in [0.2, 0.25) is 12.6 Å². The molecule has 20 heavy (non-hydrogen) atoms. The van der Waals surface area contributed by atoms with Gasteiger partial charge < -0.3 is 0 Å². The van der Waals surface area contributed by atoms with Gasteiger partial charge in [-0.25, -0.2) is 4.57 Å². The van der Waals surface area contributed by atoms with Crippen molar-refractivity contribution in [1.82, 2.24) is 4.98 Å². The number of hydrogen-bond acceptors (Lipinski definition) is 2. The van der Waals surface area contributed by atoms with Crippen molar-refractivity contribution < 1.29 is 4.57 Å². The third kappa shape index (κ3) is 1.55. The fourth-order valence-corrected chi connectivity index (χ4v) is 8.27. The minimum Gasteiger partial charge on any atom is -0.236 e. The summed E-state index contributed by atoms with van der Waals surface area (Å²) in [5, 5.41) is 3.12. The van der Waals surface area contributed by atoms with Crippen LogP contribution in [0.15, 0.2) is 18.5 Å². The largest absolute Gasteiger partial charge is 0.286 e. The fraction of sp³-hybridized carbons (Fsp3) is 0.375. The van der Waals surface area contributed by atoms with Gasteiger partial charge in [0.05, 0.1) is 15.8 Å². The number of thiophene rings is 1. The molecule has 4 rings (SSSR count). The van der Waals surface area contributed by atoms with Crippen LogP contribution >= 0.6 is 11.3 Å². The zero-order chi connectivity index (χ0) is 13.9. The Balaban J connectivity index is 2.17. The van der Waals surface area contributed by atoms with Crippen molar-refractivity contribution in [3.63, 3.8) is 0 Å². The third-order valence-corrected chi connectivity index (χ3v) is 8.97. The number of nitrogens with zero attached hydrogens (tertiary/aromatic N) is 2. The summed E-state index contributed by atoms with van der Waals surface area (Å²) in [6, 6.07) is 6.11. The van der Waals surface area contributed by atoms with Crippen LogP contribution in [0.5, 0.6) is 0 Å². The third-order valence-electron chi connectivity index (χ3n) is 4.68. The van der Waals surface area contributed by atoms with E-state index in [1.165, 1.54) is 33.8 Å². The molecule has 1 aromatic carbocycles. The second-order valence-electron chi connectivity index (χ2n) is 5.89. The van der Waals surface area contributed by atoms with Gasteiger partial charge in [0.25, 0.3) is 6.33 Å². The maximum absolute atomic E-state index is 4.72. The van der Waals surface area contributed by atoms with E-state index in [4.69, 9.17) is 4.98 Å². The number of aromatic nitrogens is 2. The second-order valence-corrected chi connectivity index (χ2v) is 9.87. The van der Waals surface area contributed by atoms with Crippen LogP contribution < -0.4 is 9.75 Å². The predicted molar refractivity (Wildman–Crippen MR) is 88.8 cm³/mol. The quantitative estimate of drug-likeness (QED) is 0.498. The van der Waals surface area contributed by atoms with Crippen molar-refractivity contribution in [3.8, 4) is 0 Å². The number of benzene rings is 1. The van der Waals surface area contributed by atoms with Gasteiger partial charge in [0.2, 0.25) is 5.52 Å². The maximum Gasteiger partial charge on any atom is 0.286 e. The molecule has 0 bridgehead atoms. The molecule has 0 saturated carbocycles. The Morgan fingerprint density at radius 2 is 2.20 bits per heavy atom. The van der Waals surface area contributed by atoms with E-state index >= 15 is 0 Å². The Hall–Kier alpha value is -1.26. The van der Waals surface area contributed by atoms with E-state index in [0.717, 1.165) is 6.42 Å². The molecule has 4 heteroatoms. The number of aryl methyl sites for hydroxylation is 3. The van der Waals surface area contributed by atoms with Crippen LogP contribution in [-0.2, 0) is 19.9 Å². The van der Waals surface area contributed by atoms with Gasteiger partial charge in [0, 0.05) is 16.5 Å². The average molecular weight is 299 g/mol. The summed E-state index contributed by atoms with van der Waals surface area (Å²) in [6.45, 7) is 4.74. The lowest BCUT2D eigenvalue weighted by Gasteiger charge is -2.03. The summed E-state index contributed by atoms with van der Waals surface area (Å²) in [6.07, 6.45) is 4.34. The zero-order valence-corrected chi connectivity index (χ0v) is 14.2. The molecule has 102 valence electrons. The predicted octanol–water partition coefficient (Wildman–Crippen LogP) is 2.46.